The van der Waals surface area contributed by atoms with Crippen molar-refractivity contribution in [3.63, 3.8) is 0 Å². The average molecular weight is 166 g/mol. The predicted octanol–water partition coefficient (Wildman–Crippen LogP) is 0.774. The van der Waals surface area contributed by atoms with Crippen molar-refractivity contribution in [2.75, 3.05) is 13.7 Å². The largest absolute Gasteiger partial charge is 0.400 e. The van der Waals surface area contributed by atoms with Gasteiger partial charge in [0.05, 0.1) is 0 Å². The second-order valence-electron chi connectivity index (χ2n) is 2.17. The third-order valence-electron chi connectivity index (χ3n) is 0.512. The molecule has 0 atom stereocenters. The summed E-state index contributed by atoms with van der Waals surface area (Å²) in [6.45, 7) is 5.84. The normalized spacial score (nSPS) is 7.64. The van der Waals surface area contributed by atoms with E-state index in [-0.39, 0.29) is 6.10 Å². The van der Waals surface area contributed by atoms with Crippen LogP contribution in [-0.4, -0.2) is 35.1 Å². The van der Waals surface area contributed by atoms with Crippen LogP contribution in [0, 0.1) is 0 Å². The van der Waals surface area contributed by atoms with Crippen LogP contribution in [-0.2, 0) is 0 Å². The van der Waals surface area contributed by atoms with Crippen molar-refractivity contribution in [2.24, 2.45) is 0 Å². The Morgan fingerprint density at radius 1 is 1.18 bits per heavy atom. The average Bonchev–Trinajstić information content (AvgIpc) is 1.93. The highest BCUT2D eigenvalue weighted by atomic mass is 16.3. The van der Waals surface area contributed by atoms with E-state index in [1.54, 1.807) is 13.8 Å². The van der Waals surface area contributed by atoms with Gasteiger partial charge in [-0.1, -0.05) is 13.3 Å². The van der Waals surface area contributed by atoms with Crippen molar-refractivity contribution in [1.29, 1.82) is 0 Å². The SMILES string of the molecule is CC(C)O.CCCCO.CO. The van der Waals surface area contributed by atoms with Crippen molar-refractivity contribution < 1.29 is 15.3 Å². The van der Waals surface area contributed by atoms with Gasteiger partial charge < -0.3 is 15.3 Å². The van der Waals surface area contributed by atoms with Gasteiger partial charge >= 0.3 is 0 Å². The fourth-order valence-corrected chi connectivity index (χ4v) is 0.158. The maximum atomic E-state index is 8.07. The van der Waals surface area contributed by atoms with E-state index in [0.29, 0.717) is 6.61 Å². The first-order valence-electron chi connectivity index (χ1n) is 3.88. The highest BCUT2D eigenvalue weighted by molar-refractivity contribution is 4.23. The first-order valence-corrected chi connectivity index (χ1v) is 3.88. The second-order valence-corrected chi connectivity index (χ2v) is 2.17. The van der Waals surface area contributed by atoms with Crippen LogP contribution in [0.4, 0.5) is 0 Å². The van der Waals surface area contributed by atoms with E-state index >= 15 is 0 Å². The third kappa shape index (κ3) is 174. The van der Waals surface area contributed by atoms with Crippen LogP contribution in [0.3, 0.4) is 0 Å². The van der Waals surface area contributed by atoms with Crippen LogP contribution >= 0.6 is 0 Å². The van der Waals surface area contributed by atoms with Crippen LogP contribution in [0.1, 0.15) is 33.6 Å². The van der Waals surface area contributed by atoms with Gasteiger partial charge in [0.1, 0.15) is 0 Å². The standard InChI is InChI=1S/C4H10O.C3H8O.CH4O/c1-2-3-4-5;1-3(2)4;1-2/h5H,2-4H2,1H3;3-4H,1-2H3;2H,1H3. The molecule has 0 unspecified atom stereocenters. The highest BCUT2D eigenvalue weighted by Gasteiger charge is 1.69. The fraction of sp³-hybridized carbons (Fsp3) is 1.00. The van der Waals surface area contributed by atoms with Gasteiger partial charge in [-0.15, -0.1) is 0 Å². The summed E-state index contributed by atoms with van der Waals surface area (Å²) in [4.78, 5) is 0. The molecule has 0 aromatic carbocycles. The summed E-state index contributed by atoms with van der Waals surface area (Å²) in [5.74, 6) is 0. The molecule has 0 saturated carbocycles. The zero-order valence-electron chi connectivity index (χ0n) is 8.04. The first kappa shape index (κ1) is 17.1. The van der Waals surface area contributed by atoms with Crippen molar-refractivity contribution in [2.45, 2.75) is 39.7 Å². The van der Waals surface area contributed by atoms with Crippen LogP contribution in [0.15, 0.2) is 0 Å². The lowest BCUT2D eigenvalue weighted by Crippen LogP contribution is -1.85. The molecule has 0 aliphatic carbocycles. The van der Waals surface area contributed by atoms with E-state index in [4.69, 9.17) is 15.3 Å². The van der Waals surface area contributed by atoms with Crippen molar-refractivity contribution in [3.05, 3.63) is 0 Å². The van der Waals surface area contributed by atoms with Gasteiger partial charge in [0, 0.05) is 19.8 Å². The molecule has 3 heteroatoms. The summed E-state index contributed by atoms with van der Waals surface area (Å²) in [7, 11) is 1.00. The lowest BCUT2D eigenvalue weighted by Gasteiger charge is -1.80. The molecule has 72 valence electrons. The topological polar surface area (TPSA) is 60.7 Å². The first-order chi connectivity index (χ1) is 5.15. The molecule has 0 aromatic rings. The molecular formula is C8H22O3. The summed E-state index contributed by atoms with van der Waals surface area (Å²) < 4.78 is 0. The molecule has 0 aromatic heterocycles. The minimum atomic E-state index is -0.167. The van der Waals surface area contributed by atoms with Gasteiger partial charge in [0.2, 0.25) is 0 Å². The van der Waals surface area contributed by atoms with Crippen molar-refractivity contribution in [1.82, 2.24) is 0 Å². The molecule has 0 aliphatic rings. The number of aliphatic hydroxyl groups is 3. The smallest absolute Gasteiger partial charge is 0.0483 e. The Kier molecular flexibility index (Phi) is 35.0. The summed E-state index contributed by atoms with van der Waals surface area (Å²) in [6.07, 6.45) is 1.87. The number of aliphatic hydroxyl groups excluding tert-OH is 3. The third-order valence-corrected chi connectivity index (χ3v) is 0.512. The molecule has 0 saturated heterocycles. The summed E-state index contributed by atoms with van der Waals surface area (Å²) in [5.41, 5.74) is 0. The van der Waals surface area contributed by atoms with Crippen molar-refractivity contribution >= 4 is 0 Å². The zero-order valence-corrected chi connectivity index (χ0v) is 8.04. The van der Waals surface area contributed by atoms with Gasteiger partial charge in [-0.3, -0.25) is 0 Å². The van der Waals surface area contributed by atoms with Crippen molar-refractivity contribution in [3.8, 4) is 0 Å². The second kappa shape index (κ2) is 22.5. The van der Waals surface area contributed by atoms with Crippen LogP contribution in [0.5, 0.6) is 0 Å². The Balaban J connectivity index is -0.0000000965. The lowest BCUT2D eigenvalue weighted by atomic mass is 10.4. The number of hydrogen-bond acceptors (Lipinski definition) is 3. The molecule has 11 heavy (non-hydrogen) atoms. The molecule has 3 N–H and O–H groups in total. The maximum Gasteiger partial charge on any atom is 0.0483 e. The molecule has 0 spiro atoms. The van der Waals surface area contributed by atoms with Gasteiger partial charge in [-0.25, -0.2) is 0 Å². The summed E-state index contributed by atoms with van der Waals surface area (Å²) in [5, 5.41) is 23.1. The quantitative estimate of drug-likeness (QED) is 0.568. The molecule has 0 heterocycles. The molecule has 0 aliphatic heterocycles. The van der Waals surface area contributed by atoms with E-state index in [2.05, 4.69) is 6.92 Å². The van der Waals surface area contributed by atoms with Gasteiger partial charge in [-0.05, 0) is 20.3 Å². The monoisotopic (exact) mass is 166 g/mol. The Hall–Kier alpha value is -0.120. The lowest BCUT2D eigenvalue weighted by molar-refractivity contribution is 0.216. The van der Waals surface area contributed by atoms with E-state index < -0.39 is 0 Å². The Bertz CT molecular complexity index is 33.6. The van der Waals surface area contributed by atoms with Gasteiger partial charge in [0.25, 0.3) is 0 Å². The van der Waals surface area contributed by atoms with E-state index in [0.717, 1.165) is 20.0 Å². The predicted molar refractivity (Wildman–Crippen MR) is 47.5 cm³/mol. The molecule has 0 fully saturated rings. The molecule has 0 rings (SSSR count). The Morgan fingerprint density at radius 2 is 1.45 bits per heavy atom. The van der Waals surface area contributed by atoms with Gasteiger partial charge in [0.15, 0.2) is 0 Å². The number of rotatable bonds is 2. The maximum absolute atomic E-state index is 8.07. The minimum Gasteiger partial charge on any atom is -0.400 e. The molecule has 3 nitrogen and oxygen atoms in total. The molecule has 0 bridgehead atoms. The summed E-state index contributed by atoms with van der Waals surface area (Å²) >= 11 is 0. The van der Waals surface area contributed by atoms with Crippen LogP contribution in [0.2, 0.25) is 0 Å². The Morgan fingerprint density at radius 3 is 1.45 bits per heavy atom. The van der Waals surface area contributed by atoms with E-state index in [1.807, 2.05) is 0 Å². The minimum absolute atomic E-state index is 0.167. The highest BCUT2D eigenvalue weighted by Crippen LogP contribution is 1.78. The fourth-order valence-electron chi connectivity index (χ4n) is 0.158. The van der Waals surface area contributed by atoms with E-state index in [9.17, 15) is 0 Å². The van der Waals surface area contributed by atoms with Crippen LogP contribution in [0.25, 0.3) is 0 Å². The molecule has 0 radical (unpaired) electrons. The molecular weight excluding hydrogens is 144 g/mol. The number of unbranched alkanes of at least 4 members (excludes halogenated alkanes) is 1. The van der Waals surface area contributed by atoms with Crippen LogP contribution < -0.4 is 0 Å². The van der Waals surface area contributed by atoms with Gasteiger partial charge in [-0.2, -0.15) is 0 Å². The number of hydrogen-bond donors (Lipinski definition) is 3. The van der Waals surface area contributed by atoms with E-state index in [1.165, 1.54) is 0 Å². The zero-order chi connectivity index (χ0) is 9.70. The summed E-state index contributed by atoms with van der Waals surface area (Å²) in [6, 6.07) is 0. The molecule has 0 amide bonds. The Labute approximate surface area is 69.7 Å².